The molecule has 1 saturated heterocycles. The van der Waals surface area contributed by atoms with Crippen molar-refractivity contribution in [2.24, 2.45) is 5.92 Å². The lowest BCUT2D eigenvalue weighted by Gasteiger charge is -2.31. The highest BCUT2D eigenvalue weighted by Crippen LogP contribution is 2.34. The number of amides is 2. The summed E-state index contributed by atoms with van der Waals surface area (Å²) in [5.41, 5.74) is -0.390. The summed E-state index contributed by atoms with van der Waals surface area (Å²) >= 11 is 9.26. The highest BCUT2D eigenvalue weighted by molar-refractivity contribution is 9.10. The molecule has 0 aliphatic carbocycles. The molecule has 0 saturated carbocycles. The fraction of sp³-hybridized carbons (Fsp3) is 0.300. The Kier molecular flexibility index (Phi) is 6.53. The average Bonchev–Trinajstić information content (AvgIpc) is 2.69. The molecule has 1 fully saturated rings. The first-order valence-corrected chi connectivity index (χ1v) is 10.0. The van der Waals surface area contributed by atoms with Crippen LogP contribution in [0.3, 0.4) is 0 Å². The van der Waals surface area contributed by atoms with E-state index in [0.29, 0.717) is 31.5 Å². The first kappa shape index (κ1) is 21.6. The van der Waals surface area contributed by atoms with Crippen LogP contribution in [-0.4, -0.2) is 29.8 Å². The highest BCUT2D eigenvalue weighted by Gasteiger charge is 2.32. The third kappa shape index (κ3) is 5.30. The Hall–Kier alpha value is -2.06. The van der Waals surface area contributed by atoms with Crippen LogP contribution in [0.2, 0.25) is 5.02 Å². The lowest BCUT2D eigenvalue weighted by atomic mass is 9.95. The fourth-order valence-corrected chi connectivity index (χ4v) is 3.58. The van der Waals surface area contributed by atoms with Crippen LogP contribution in [0, 0.1) is 5.92 Å². The van der Waals surface area contributed by atoms with Gasteiger partial charge in [0.05, 0.1) is 16.3 Å². The van der Waals surface area contributed by atoms with Gasteiger partial charge in [-0.1, -0.05) is 27.5 Å². The van der Waals surface area contributed by atoms with Crippen LogP contribution < -0.4 is 5.32 Å². The summed E-state index contributed by atoms with van der Waals surface area (Å²) in [4.78, 5) is 26.7. The molecular weight excluding hydrogens is 473 g/mol. The molecule has 0 radical (unpaired) electrons. The van der Waals surface area contributed by atoms with Crippen molar-refractivity contribution in [3.05, 3.63) is 63.1 Å². The van der Waals surface area contributed by atoms with Crippen LogP contribution in [0.1, 0.15) is 28.8 Å². The zero-order valence-electron chi connectivity index (χ0n) is 15.1. The summed E-state index contributed by atoms with van der Waals surface area (Å²) in [6.45, 7) is 0.784. The zero-order valence-corrected chi connectivity index (χ0v) is 17.4. The molecule has 2 aromatic rings. The summed E-state index contributed by atoms with van der Waals surface area (Å²) in [7, 11) is 0. The Bertz CT molecular complexity index is 911. The molecule has 0 bridgehead atoms. The molecule has 154 valence electrons. The molecule has 0 unspecified atom stereocenters. The van der Waals surface area contributed by atoms with Gasteiger partial charge in [-0.15, -0.1) is 0 Å². The van der Waals surface area contributed by atoms with Crippen LogP contribution in [0.15, 0.2) is 46.9 Å². The number of carbonyl (C=O) groups excluding carboxylic acids is 2. The van der Waals surface area contributed by atoms with Crippen molar-refractivity contribution >= 4 is 45.0 Å². The maximum Gasteiger partial charge on any atom is 0.416 e. The molecule has 1 N–H and O–H groups in total. The number of anilines is 1. The van der Waals surface area contributed by atoms with Crippen LogP contribution in [0.25, 0.3) is 0 Å². The largest absolute Gasteiger partial charge is 0.416 e. The normalized spacial score (nSPS) is 15.3. The number of nitrogens with one attached hydrogen (secondary N) is 1. The number of hydrogen-bond donors (Lipinski definition) is 1. The maximum absolute atomic E-state index is 12.9. The first-order valence-electron chi connectivity index (χ1n) is 8.87. The highest BCUT2D eigenvalue weighted by atomic mass is 79.9. The van der Waals surface area contributed by atoms with Crippen LogP contribution in [0.5, 0.6) is 0 Å². The molecule has 4 nitrogen and oxygen atoms in total. The quantitative estimate of drug-likeness (QED) is 0.609. The van der Waals surface area contributed by atoms with E-state index in [4.69, 9.17) is 11.6 Å². The van der Waals surface area contributed by atoms with Gasteiger partial charge in [-0.05, 0) is 55.3 Å². The smallest absolute Gasteiger partial charge is 0.339 e. The van der Waals surface area contributed by atoms with Gasteiger partial charge in [0, 0.05) is 29.0 Å². The molecule has 3 rings (SSSR count). The Morgan fingerprint density at radius 2 is 1.69 bits per heavy atom. The summed E-state index contributed by atoms with van der Waals surface area (Å²) in [5.74, 6) is -0.922. The molecular formula is C20H17BrClF3N2O2. The van der Waals surface area contributed by atoms with Crippen molar-refractivity contribution in [2.75, 3.05) is 18.4 Å². The third-order valence-electron chi connectivity index (χ3n) is 4.80. The van der Waals surface area contributed by atoms with E-state index in [-0.39, 0.29) is 16.6 Å². The van der Waals surface area contributed by atoms with Crippen molar-refractivity contribution in [2.45, 2.75) is 19.0 Å². The van der Waals surface area contributed by atoms with Gasteiger partial charge in [0.1, 0.15) is 0 Å². The van der Waals surface area contributed by atoms with E-state index in [2.05, 4.69) is 21.2 Å². The molecule has 0 spiro atoms. The number of likely N-dealkylation sites (tertiary alicyclic amines) is 1. The van der Waals surface area contributed by atoms with E-state index in [1.54, 1.807) is 29.2 Å². The van der Waals surface area contributed by atoms with Gasteiger partial charge < -0.3 is 10.2 Å². The minimum atomic E-state index is -4.53. The number of halogens is 5. The topological polar surface area (TPSA) is 49.4 Å². The third-order valence-corrected chi connectivity index (χ3v) is 5.65. The van der Waals surface area contributed by atoms with E-state index in [1.807, 2.05) is 0 Å². The molecule has 29 heavy (non-hydrogen) atoms. The summed E-state index contributed by atoms with van der Waals surface area (Å²) < 4.78 is 39.5. The number of alkyl halides is 3. The van der Waals surface area contributed by atoms with Gasteiger partial charge in [-0.25, -0.2) is 0 Å². The average molecular weight is 490 g/mol. The molecule has 2 aromatic carbocycles. The van der Waals surface area contributed by atoms with E-state index < -0.39 is 23.6 Å². The number of piperidine rings is 1. The Morgan fingerprint density at radius 1 is 1.07 bits per heavy atom. The molecule has 1 aliphatic rings. The monoisotopic (exact) mass is 488 g/mol. The number of nitrogens with zero attached hydrogens (tertiary/aromatic N) is 1. The second kappa shape index (κ2) is 8.75. The molecule has 1 heterocycles. The summed E-state index contributed by atoms with van der Waals surface area (Å²) in [6, 6.07) is 9.82. The maximum atomic E-state index is 12.9. The van der Waals surface area contributed by atoms with Gasteiger partial charge >= 0.3 is 6.18 Å². The van der Waals surface area contributed by atoms with Crippen LogP contribution >= 0.6 is 27.5 Å². The van der Waals surface area contributed by atoms with Gasteiger partial charge in [0.15, 0.2) is 0 Å². The van der Waals surface area contributed by atoms with Crippen molar-refractivity contribution in [3.8, 4) is 0 Å². The molecule has 9 heteroatoms. The number of carbonyl (C=O) groups is 2. The predicted octanol–water partition coefficient (Wildman–Crippen LogP) is 5.61. The number of rotatable bonds is 3. The molecule has 0 atom stereocenters. The Balaban J connectivity index is 1.60. The second-order valence-electron chi connectivity index (χ2n) is 6.76. The van der Waals surface area contributed by atoms with Crippen molar-refractivity contribution in [3.63, 3.8) is 0 Å². The van der Waals surface area contributed by atoms with Crippen molar-refractivity contribution in [1.82, 2.24) is 4.90 Å². The molecule has 0 aromatic heterocycles. The van der Waals surface area contributed by atoms with E-state index >= 15 is 0 Å². The zero-order chi connectivity index (χ0) is 21.2. The predicted molar refractivity (Wildman–Crippen MR) is 108 cm³/mol. The minimum absolute atomic E-state index is 0.0363. The van der Waals surface area contributed by atoms with Crippen LogP contribution in [0.4, 0.5) is 18.9 Å². The number of hydrogen-bond acceptors (Lipinski definition) is 2. The second-order valence-corrected chi connectivity index (χ2v) is 8.08. The van der Waals surface area contributed by atoms with Gasteiger partial charge in [-0.2, -0.15) is 13.2 Å². The lowest BCUT2D eigenvalue weighted by Crippen LogP contribution is -2.41. The SMILES string of the molecule is O=C(Nc1cc(C(F)(F)F)ccc1Cl)C1CCN(C(=O)c2ccc(Br)cc2)CC1. The standard InChI is InChI=1S/C20H17BrClF3N2O2/c21-15-4-1-13(2-5-15)19(29)27-9-7-12(8-10-27)18(28)26-17-11-14(20(23,24)25)3-6-16(17)22/h1-6,11-12H,7-10H2,(H,26,28). The Morgan fingerprint density at radius 3 is 2.28 bits per heavy atom. The minimum Gasteiger partial charge on any atom is -0.339 e. The van der Waals surface area contributed by atoms with E-state index in [9.17, 15) is 22.8 Å². The first-order chi connectivity index (χ1) is 13.6. The van der Waals surface area contributed by atoms with Gasteiger partial charge in [-0.3, -0.25) is 9.59 Å². The van der Waals surface area contributed by atoms with Gasteiger partial charge in [0.25, 0.3) is 5.91 Å². The van der Waals surface area contributed by atoms with E-state index in [1.165, 1.54) is 0 Å². The van der Waals surface area contributed by atoms with Crippen LogP contribution in [-0.2, 0) is 11.0 Å². The summed E-state index contributed by atoms with van der Waals surface area (Å²) in [6.07, 6.45) is -3.68. The molecule has 2 amide bonds. The van der Waals surface area contributed by atoms with Gasteiger partial charge in [0.2, 0.25) is 5.91 Å². The van der Waals surface area contributed by atoms with Crippen molar-refractivity contribution in [1.29, 1.82) is 0 Å². The summed E-state index contributed by atoms with van der Waals surface area (Å²) in [5, 5.41) is 2.53. The fourth-order valence-electron chi connectivity index (χ4n) is 3.15. The molecule has 1 aliphatic heterocycles. The van der Waals surface area contributed by atoms with E-state index in [0.717, 1.165) is 22.7 Å². The Labute approximate surface area is 179 Å². The number of benzene rings is 2. The lowest BCUT2D eigenvalue weighted by molar-refractivity contribution is -0.137. The van der Waals surface area contributed by atoms with Crippen molar-refractivity contribution < 1.29 is 22.8 Å².